The Morgan fingerprint density at radius 1 is 1.26 bits per heavy atom. The largest absolute Gasteiger partial charge is 0.479 e. The van der Waals surface area contributed by atoms with Gasteiger partial charge in [-0.05, 0) is 43.2 Å². The highest BCUT2D eigenvalue weighted by Crippen LogP contribution is 2.31. The van der Waals surface area contributed by atoms with Crippen molar-refractivity contribution >= 4 is 11.9 Å². The number of hydrogen-bond acceptors (Lipinski definition) is 3. The molecule has 0 spiro atoms. The van der Waals surface area contributed by atoms with Crippen LogP contribution in [0.25, 0.3) is 0 Å². The summed E-state index contributed by atoms with van der Waals surface area (Å²) in [5.74, 6) is -1.04. The van der Waals surface area contributed by atoms with E-state index in [-0.39, 0.29) is 12.0 Å². The summed E-state index contributed by atoms with van der Waals surface area (Å²) in [5, 5.41) is 9.60. The van der Waals surface area contributed by atoms with Gasteiger partial charge in [0.2, 0.25) is 5.91 Å². The van der Waals surface area contributed by atoms with Crippen molar-refractivity contribution in [2.75, 3.05) is 13.2 Å². The predicted molar refractivity (Wildman–Crippen MR) is 85.1 cm³/mol. The van der Waals surface area contributed by atoms with Gasteiger partial charge in [-0.15, -0.1) is 0 Å². The fraction of sp³-hybridized carbons (Fsp3) is 0.556. The molecule has 2 unspecified atom stereocenters. The average molecular weight is 317 g/mol. The van der Waals surface area contributed by atoms with Gasteiger partial charge in [0.15, 0.2) is 6.04 Å². The van der Waals surface area contributed by atoms with Crippen molar-refractivity contribution < 1.29 is 19.4 Å². The zero-order chi connectivity index (χ0) is 16.2. The van der Waals surface area contributed by atoms with Crippen LogP contribution in [0.4, 0.5) is 0 Å². The number of aliphatic carboxylic acids is 1. The molecule has 1 amide bonds. The van der Waals surface area contributed by atoms with Crippen molar-refractivity contribution in [3.8, 4) is 0 Å². The molecule has 2 heterocycles. The molecule has 1 saturated heterocycles. The summed E-state index contributed by atoms with van der Waals surface area (Å²) in [6, 6.07) is 6.65. The van der Waals surface area contributed by atoms with Crippen LogP contribution in [-0.2, 0) is 20.7 Å². The molecule has 2 aliphatic heterocycles. The van der Waals surface area contributed by atoms with E-state index < -0.39 is 12.0 Å². The number of ether oxygens (including phenoxy) is 1. The Kier molecular flexibility index (Phi) is 4.96. The lowest BCUT2D eigenvalue weighted by Gasteiger charge is -2.35. The van der Waals surface area contributed by atoms with Crippen LogP contribution in [-0.4, -0.2) is 41.1 Å². The third kappa shape index (κ3) is 3.55. The van der Waals surface area contributed by atoms with Crippen LogP contribution in [0.15, 0.2) is 24.3 Å². The molecule has 2 atom stereocenters. The molecule has 0 bridgehead atoms. The van der Waals surface area contributed by atoms with Gasteiger partial charge >= 0.3 is 5.97 Å². The smallest absolute Gasteiger partial charge is 0.331 e. The minimum Gasteiger partial charge on any atom is -0.479 e. The number of amides is 1. The third-order valence-corrected chi connectivity index (χ3v) is 4.79. The first kappa shape index (κ1) is 16.0. The van der Waals surface area contributed by atoms with Crippen molar-refractivity contribution in [1.29, 1.82) is 0 Å². The van der Waals surface area contributed by atoms with Crippen molar-refractivity contribution in [2.45, 2.75) is 50.7 Å². The van der Waals surface area contributed by atoms with Crippen molar-refractivity contribution in [1.82, 2.24) is 4.90 Å². The lowest BCUT2D eigenvalue weighted by Crippen LogP contribution is -2.43. The molecule has 3 rings (SSSR count). The van der Waals surface area contributed by atoms with Gasteiger partial charge in [0, 0.05) is 19.6 Å². The van der Waals surface area contributed by atoms with Gasteiger partial charge in [0.05, 0.1) is 6.10 Å². The van der Waals surface area contributed by atoms with Gasteiger partial charge in [-0.1, -0.05) is 24.3 Å². The molecule has 1 fully saturated rings. The molecular formula is C18H23NO4. The molecule has 5 heteroatoms. The molecule has 124 valence electrons. The van der Waals surface area contributed by atoms with Crippen LogP contribution in [0.5, 0.6) is 0 Å². The Labute approximate surface area is 136 Å². The van der Waals surface area contributed by atoms with Crippen LogP contribution in [0.3, 0.4) is 0 Å². The quantitative estimate of drug-likeness (QED) is 0.927. The fourth-order valence-corrected chi connectivity index (χ4v) is 3.56. The number of carbonyl (C=O) groups excluding carboxylic acids is 1. The Bertz CT molecular complexity index is 580. The predicted octanol–water partition coefficient (Wildman–Crippen LogP) is 2.55. The number of carboxylic acid groups (broad SMARTS) is 1. The number of hydrogen-bond donors (Lipinski definition) is 1. The number of carboxylic acids is 1. The van der Waals surface area contributed by atoms with Crippen LogP contribution >= 0.6 is 0 Å². The lowest BCUT2D eigenvalue weighted by molar-refractivity contribution is -0.151. The number of fused-ring (bicyclic) bond motifs is 1. The van der Waals surface area contributed by atoms with Gasteiger partial charge in [0.25, 0.3) is 0 Å². The van der Waals surface area contributed by atoms with Gasteiger partial charge in [0.1, 0.15) is 0 Å². The summed E-state index contributed by atoms with van der Waals surface area (Å²) >= 11 is 0. The van der Waals surface area contributed by atoms with Gasteiger partial charge < -0.3 is 14.7 Å². The topological polar surface area (TPSA) is 66.8 Å². The normalized spacial score (nSPS) is 24.1. The van der Waals surface area contributed by atoms with E-state index in [9.17, 15) is 14.7 Å². The van der Waals surface area contributed by atoms with Crippen LogP contribution < -0.4 is 0 Å². The molecule has 5 nitrogen and oxygen atoms in total. The highest BCUT2D eigenvalue weighted by Gasteiger charge is 2.35. The summed E-state index contributed by atoms with van der Waals surface area (Å²) in [7, 11) is 0. The van der Waals surface area contributed by atoms with E-state index in [0.29, 0.717) is 25.8 Å². The summed E-state index contributed by atoms with van der Waals surface area (Å²) < 4.78 is 5.66. The summed E-state index contributed by atoms with van der Waals surface area (Å²) in [6.45, 7) is 1.24. The Morgan fingerprint density at radius 2 is 2.09 bits per heavy atom. The van der Waals surface area contributed by atoms with Crippen molar-refractivity contribution in [2.24, 2.45) is 0 Å². The number of nitrogens with zero attached hydrogens (tertiary/aromatic N) is 1. The highest BCUT2D eigenvalue weighted by atomic mass is 16.5. The molecule has 23 heavy (non-hydrogen) atoms. The zero-order valence-electron chi connectivity index (χ0n) is 13.2. The molecule has 0 aliphatic carbocycles. The van der Waals surface area contributed by atoms with Crippen LogP contribution in [0.1, 0.15) is 49.3 Å². The Balaban J connectivity index is 1.68. The lowest BCUT2D eigenvalue weighted by atomic mass is 9.92. The second-order valence-electron chi connectivity index (χ2n) is 6.30. The number of rotatable bonds is 4. The maximum Gasteiger partial charge on any atom is 0.331 e. The van der Waals surface area contributed by atoms with E-state index in [1.165, 1.54) is 4.90 Å². The minimum absolute atomic E-state index is 0.0823. The monoisotopic (exact) mass is 317 g/mol. The summed E-state index contributed by atoms with van der Waals surface area (Å²) in [4.78, 5) is 25.8. The molecule has 0 saturated carbocycles. The molecule has 1 aromatic rings. The second-order valence-corrected chi connectivity index (χ2v) is 6.30. The third-order valence-electron chi connectivity index (χ3n) is 4.79. The minimum atomic E-state index is -0.959. The Morgan fingerprint density at radius 3 is 2.83 bits per heavy atom. The van der Waals surface area contributed by atoms with Crippen molar-refractivity contribution in [3.63, 3.8) is 0 Å². The first-order chi connectivity index (χ1) is 11.2. The van der Waals surface area contributed by atoms with Gasteiger partial charge in [-0.3, -0.25) is 4.79 Å². The molecule has 0 aromatic heterocycles. The van der Waals surface area contributed by atoms with Gasteiger partial charge in [-0.25, -0.2) is 4.79 Å². The molecular weight excluding hydrogens is 294 g/mol. The summed E-state index contributed by atoms with van der Waals surface area (Å²) in [6.07, 6.45) is 5.14. The molecule has 1 aromatic carbocycles. The van der Waals surface area contributed by atoms with E-state index in [2.05, 4.69) is 0 Å². The highest BCUT2D eigenvalue weighted by molar-refractivity contribution is 5.85. The van der Waals surface area contributed by atoms with E-state index >= 15 is 0 Å². The van der Waals surface area contributed by atoms with E-state index in [1.54, 1.807) is 0 Å². The van der Waals surface area contributed by atoms with Crippen LogP contribution in [0.2, 0.25) is 0 Å². The first-order valence-corrected chi connectivity index (χ1v) is 8.38. The van der Waals surface area contributed by atoms with Crippen LogP contribution in [0, 0.1) is 0 Å². The van der Waals surface area contributed by atoms with Gasteiger partial charge in [-0.2, -0.15) is 0 Å². The van der Waals surface area contributed by atoms with Crippen molar-refractivity contribution in [3.05, 3.63) is 35.4 Å². The molecule has 2 aliphatic rings. The zero-order valence-corrected chi connectivity index (χ0v) is 13.2. The Hall–Kier alpha value is -1.88. The van der Waals surface area contributed by atoms with E-state index in [0.717, 1.165) is 37.0 Å². The molecule has 1 N–H and O–H groups in total. The fourth-order valence-electron chi connectivity index (χ4n) is 3.56. The second kappa shape index (κ2) is 7.13. The number of benzene rings is 1. The molecule has 0 radical (unpaired) electrons. The first-order valence-electron chi connectivity index (χ1n) is 8.38. The SMILES string of the molecule is O=C(O)C1c2ccccc2CCN1C(=O)CCC1CCCCO1. The maximum absolute atomic E-state index is 12.6. The van der Waals surface area contributed by atoms with E-state index in [4.69, 9.17) is 4.74 Å². The van der Waals surface area contributed by atoms with E-state index in [1.807, 2.05) is 24.3 Å². The standard InChI is InChI=1S/C18H23NO4/c20-16(9-8-14-6-3-4-12-23-14)19-11-10-13-5-1-2-7-15(13)17(19)18(21)22/h1-2,5,7,14,17H,3-4,6,8-12H2,(H,21,22). The number of carbonyl (C=O) groups is 2. The summed E-state index contributed by atoms with van der Waals surface area (Å²) in [5.41, 5.74) is 1.77. The average Bonchev–Trinajstić information content (AvgIpc) is 2.59. The maximum atomic E-state index is 12.6.